The van der Waals surface area contributed by atoms with Gasteiger partial charge < -0.3 is 5.11 Å². The van der Waals surface area contributed by atoms with E-state index in [0.717, 1.165) is 0 Å². The van der Waals surface area contributed by atoms with E-state index in [2.05, 4.69) is 0 Å². The monoisotopic (exact) mass is 250 g/mol. The van der Waals surface area contributed by atoms with Gasteiger partial charge in [-0.2, -0.15) is 17.0 Å². The van der Waals surface area contributed by atoms with E-state index in [0.29, 0.717) is 19.5 Å². The van der Waals surface area contributed by atoms with Gasteiger partial charge in [-0.3, -0.25) is 0 Å². The first-order chi connectivity index (χ1) is 7.26. The molecule has 0 aromatic heterocycles. The van der Waals surface area contributed by atoms with Crippen molar-refractivity contribution in [1.82, 2.24) is 8.61 Å². The SMILES string of the molecule is CC1CN(S(=O)(=O)N(C)C(C)C)CCC1O. The first-order valence-corrected chi connectivity index (χ1v) is 7.07. The van der Waals surface area contributed by atoms with E-state index >= 15 is 0 Å². The minimum atomic E-state index is -3.36. The highest BCUT2D eigenvalue weighted by molar-refractivity contribution is 7.86. The van der Waals surface area contributed by atoms with Gasteiger partial charge in [-0.05, 0) is 26.2 Å². The smallest absolute Gasteiger partial charge is 0.281 e. The zero-order valence-corrected chi connectivity index (χ0v) is 11.2. The average molecular weight is 250 g/mol. The lowest BCUT2D eigenvalue weighted by atomic mass is 9.99. The third-order valence-electron chi connectivity index (χ3n) is 3.24. The van der Waals surface area contributed by atoms with E-state index in [1.807, 2.05) is 20.8 Å². The van der Waals surface area contributed by atoms with E-state index in [1.165, 1.54) is 8.61 Å². The molecule has 1 aliphatic rings. The maximum atomic E-state index is 12.1. The Morgan fingerprint density at radius 3 is 2.44 bits per heavy atom. The van der Waals surface area contributed by atoms with Gasteiger partial charge in [0.2, 0.25) is 0 Å². The third kappa shape index (κ3) is 2.74. The van der Waals surface area contributed by atoms with E-state index in [4.69, 9.17) is 0 Å². The first kappa shape index (κ1) is 13.9. The maximum absolute atomic E-state index is 12.1. The summed E-state index contributed by atoms with van der Waals surface area (Å²) in [4.78, 5) is 0. The number of nitrogens with zero attached hydrogens (tertiary/aromatic N) is 2. The summed E-state index contributed by atoms with van der Waals surface area (Å²) in [5.74, 6) is 0.00378. The summed E-state index contributed by atoms with van der Waals surface area (Å²) in [5.41, 5.74) is 0. The minimum absolute atomic E-state index is 0.00378. The molecule has 0 aromatic rings. The largest absolute Gasteiger partial charge is 0.393 e. The highest BCUT2D eigenvalue weighted by atomic mass is 32.2. The predicted octanol–water partition coefficient (Wildman–Crippen LogP) is 0.274. The summed E-state index contributed by atoms with van der Waals surface area (Å²) in [6.45, 7) is 6.38. The Bertz CT molecular complexity index is 329. The van der Waals surface area contributed by atoms with Crippen LogP contribution in [0.2, 0.25) is 0 Å². The van der Waals surface area contributed by atoms with Gasteiger partial charge in [-0.15, -0.1) is 0 Å². The summed E-state index contributed by atoms with van der Waals surface area (Å²) < 4.78 is 27.1. The molecule has 16 heavy (non-hydrogen) atoms. The van der Waals surface area contributed by atoms with Crippen molar-refractivity contribution in [3.63, 3.8) is 0 Å². The molecule has 5 nitrogen and oxygen atoms in total. The normalized spacial score (nSPS) is 28.9. The van der Waals surface area contributed by atoms with E-state index in [9.17, 15) is 13.5 Å². The second-order valence-electron chi connectivity index (χ2n) is 4.81. The lowest BCUT2D eigenvalue weighted by Gasteiger charge is -2.36. The number of aliphatic hydroxyl groups excluding tert-OH is 1. The third-order valence-corrected chi connectivity index (χ3v) is 5.37. The predicted molar refractivity (Wildman–Crippen MR) is 63.2 cm³/mol. The van der Waals surface area contributed by atoms with Crippen LogP contribution in [-0.2, 0) is 10.2 Å². The summed E-state index contributed by atoms with van der Waals surface area (Å²) in [5, 5.41) is 9.57. The van der Waals surface area contributed by atoms with Gasteiger partial charge in [-0.25, -0.2) is 0 Å². The number of piperidine rings is 1. The van der Waals surface area contributed by atoms with Crippen LogP contribution in [0.25, 0.3) is 0 Å². The average Bonchev–Trinajstić information content (AvgIpc) is 2.20. The zero-order chi connectivity index (χ0) is 12.5. The van der Waals surface area contributed by atoms with Crippen LogP contribution in [0.5, 0.6) is 0 Å². The summed E-state index contributed by atoms with van der Waals surface area (Å²) in [6, 6.07) is -0.0489. The van der Waals surface area contributed by atoms with Crippen molar-refractivity contribution in [3.05, 3.63) is 0 Å². The molecule has 1 fully saturated rings. The number of hydrogen-bond donors (Lipinski definition) is 1. The van der Waals surface area contributed by atoms with Crippen molar-refractivity contribution >= 4 is 10.2 Å². The van der Waals surface area contributed by atoms with Gasteiger partial charge in [0, 0.05) is 26.2 Å². The Morgan fingerprint density at radius 1 is 1.44 bits per heavy atom. The van der Waals surface area contributed by atoms with Gasteiger partial charge in [0.25, 0.3) is 10.2 Å². The highest BCUT2D eigenvalue weighted by Crippen LogP contribution is 2.21. The van der Waals surface area contributed by atoms with Crippen molar-refractivity contribution < 1.29 is 13.5 Å². The maximum Gasteiger partial charge on any atom is 0.281 e. The Hall–Kier alpha value is -0.170. The van der Waals surface area contributed by atoms with Crippen LogP contribution < -0.4 is 0 Å². The molecule has 0 bridgehead atoms. The lowest BCUT2D eigenvalue weighted by Crippen LogP contribution is -2.51. The fourth-order valence-corrected chi connectivity index (χ4v) is 3.41. The molecule has 1 N–H and O–H groups in total. The van der Waals surface area contributed by atoms with Gasteiger partial charge in [-0.1, -0.05) is 6.92 Å². The summed E-state index contributed by atoms with van der Waals surface area (Å²) in [7, 11) is -1.77. The van der Waals surface area contributed by atoms with Gasteiger partial charge in [0.15, 0.2) is 0 Å². The van der Waals surface area contributed by atoms with Crippen LogP contribution in [0.15, 0.2) is 0 Å². The van der Waals surface area contributed by atoms with Crippen molar-refractivity contribution in [2.24, 2.45) is 5.92 Å². The molecule has 0 spiro atoms. The number of hydrogen-bond acceptors (Lipinski definition) is 3. The van der Waals surface area contributed by atoms with Gasteiger partial charge >= 0.3 is 0 Å². The quantitative estimate of drug-likeness (QED) is 0.782. The van der Waals surface area contributed by atoms with Crippen LogP contribution in [0.1, 0.15) is 27.2 Å². The standard InChI is InChI=1S/C10H22N2O3S/c1-8(2)11(4)16(14,15)12-6-5-10(13)9(3)7-12/h8-10,13H,5-7H2,1-4H3. The summed E-state index contributed by atoms with van der Waals surface area (Å²) in [6.07, 6.45) is 0.141. The molecular formula is C10H22N2O3S. The topological polar surface area (TPSA) is 60.9 Å². The molecule has 1 rings (SSSR count). The Morgan fingerprint density at radius 2 is 2.00 bits per heavy atom. The van der Waals surface area contributed by atoms with Crippen LogP contribution in [0.3, 0.4) is 0 Å². The first-order valence-electron chi connectivity index (χ1n) is 5.68. The molecular weight excluding hydrogens is 228 g/mol. The molecule has 1 heterocycles. The van der Waals surface area contributed by atoms with Crippen molar-refractivity contribution in [3.8, 4) is 0 Å². The Balaban J connectivity index is 2.78. The van der Waals surface area contributed by atoms with Crippen molar-refractivity contribution in [2.45, 2.75) is 39.3 Å². The molecule has 1 saturated heterocycles. The lowest BCUT2D eigenvalue weighted by molar-refractivity contribution is 0.0608. The van der Waals surface area contributed by atoms with Crippen LogP contribution in [-0.4, -0.2) is 54.4 Å². The molecule has 0 aliphatic carbocycles. The Labute approximate surface area is 98.2 Å². The van der Waals surface area contributed by atoms with Crippen LogP contribution in [0.4, 0.5) is 0 Å². The molecule has 2 atom stereocenters. The molecule has 2 unspecified atom stereocenters. The molecule has 0 aromatic carbocycles. The number of rotatable bonds is 3. The summed E-state index contributed by atoms with van der Waals surface area (Å²) >= 11 is 0. The van der Waals surface area contributed by atoms with E-state index in [1.54, 1.807) is 7.05 Å². The van der Waals surface area contributed by atoms with E-state index in [-0.39, 0.29) is 18.1 Å². The van der Waals surface area contributed by atoms with Gasteiger partial charge in [0.05, 0.1) is 6.10 Å². The van der Waals surface area contributed by atoms with Gasteiger partial charge in [0.1, 0.15) is 0 Å². The molecule has 1 aliphatic heterocycles. The zero-order valence-electron chi connectivity index (χ0n) is 10.4. The minimum Gasteiger partial charge on any atom is -0.393 e. The molecule has 0 saturated carbocycles. The van der Waals surface area contributed by atoms with E-state index < -0.39 is 10.2 Å². The van der Waals surface area contributed by atoms with Crippen LogP contribution >= 0.6 is 0 Å². The fourth-order valence-electron chi connectivity index (χ4n) is 1.75. The highest BCUT2D eigenvalue weighted by Gasteiger charge is 2.34. The van der Waals surface area contributed by atoms with Crippen molar-refractivity contribution in [1.29, 1.82) is 0 Å². The Kier molecular flexibility index (Phi) is 4.34. The van der Waals surface area contributed by atoms with Crippen molar-refractivity contribution in [2.75, 3.05) is 20.1 Å². The second kappa shape index (κ2) is 5.00. The second-order valence-corrected chi connectivity index (χ2v) is 6.80. The molecule has 6 heteroatoms. The molecule has 0 amide bonds. The fraction of sp³-hybridized carbons (Fsp3) is 1.00. The molecule has 96 valence electrons. The van der Waals surface area contributed by atoms with Crippen LogP contribution in [0, 0.1) is 5.92 Å². The number of aliphatic hydroxyl groups is 1. The molecule has 0 radical (unpaired) electrons.